The molecule has 2 heteroatoms. The fourth-order valence-electron chi connectivity index (χ4n) is 1.33. The van der Waals surface area contributed by atoms with Crippen molar-refractivity contribution >= 4 is 8.46 Å². The van der Waals surface area contributed by atoms with E-state index in [1.165, 1.54) is 18.4 Å². The summed E-state index contributed by atoms with van der Waals surface area (Å²) in [7, 11) is 0.292. The Hall–Kier alpha value is -0.680. The number of unbranched alkanes of at least 4 members (excludes halogenated alkanes) is 2. The average molecular weight is 194 g/mol. The maximum absolute atomic E-state index is 10.1. The van der Waals surface area contributed by atoms with Gasteiger partial charge in [-0.1, -0.05) is 36.8 Å². The molecule has 1 aromatic rings. The Kier molecular flexibility index (Phi) is 5.44. The van der Waals surface area contributed by atoms with Crippen molar-refractivity contribution in [1.82, 2.24) is 0 Å². The molecule has 0 bridgehead atoms. The molecule has 0 fully saturated rings. The quantitative estimate of drug-likeness (QED) is 0.498. The number of aryl methyl sites for hydroxylation is 1. The number of rotatable bonds is 6. The fourth-order valence-corrected chi connectivity index (χ4v) is 1.68. The van der Waals surface area contributed by atoms with Crippen LogP contribution in [-0.4, -0.2) is 6.16 Å². The maximum atomic E-state index is 10.1. The van der Waals surface area contributed by atoms with Crippen LogP contribution in [0.5, 0.6) is 0 Å². The first-order valence-corrected chi connectivity index (χ1v) is 5.76. The minimum Gasteiger partial charge on any atom is -0.275 e. The molecular weight excluding hydrogens is 179 g/mol. The van der Waals surface area contributed by atoms with E-state index >= 15 is 0 Å². The molecule has 0 N–H and O–H groups in total. The lowest BCUT2D eigenvalue weighted by atomic mass is 10.1. The Balaban J connectivity index is 2.10. The summed E-state index contributed by atoms with van der Waals surface area (Å²) in [4.78, 5) is 0. The molecule has 0 saturated carbocycles. The zero-order chi connectivity index (χ0) is 9.36. The average Bonchev–Trinajstić information content (AvgIpc) is 2.19. The van der Waals surface area contributed by atoms with E-state index in [1.807, 2.05) is 6.07 Å². The zero-order valence-corrected chi connectivity index (χ0v) is 8.67. The van der Waals surface area contributed by atoms with Gasteiger partial charge in [-0.05, 0) is 24.8 Å². The molecule has 1 nitrogen and oxygen atoms in total. The van der Waals surface area contributed by atoms with Gasteiger partial charge in [-0.15, -0.1) is 0 Å². The first-order valence-electron chi connectivity index (χ1n) is 4.76. The van der Waals surface area contributed by atoms with Crippen molar-refractivity contribution in [2.45, 2.75) is 25.7 Å². The van der Waals surface area contributed by atoms with Crippen molar-refractivity contribution in [2.75, 3.05) is 6.16 Å². The van der Waals surface area contributed by atoms with Crippen LogP contribution in [-0.2, 0) is 11.0 Å². The Morgan fingerprint density at radius 3 is 2.46 bits per heavy atom. The summed E-state index contributed by atoms with van der Waals surface area (Å²) in [6, 6.07) is 10.5. The Bertz CT molecular complexity index is 233. The second-order valence-electron chi connectivity index (χ2n) is 3.15. The predicted molar refractivity (Wildman–Crippen MR) is 56.5 cm³/mol. The van der Waals surface area contributed by atoms with E-state index < -0.39 is 0 Å². The molecule has 0 heterocycles. The van der Waals surface area contributed by atoms with Crippen molar-refractivity contribution in [3.63, 3.8) is 0 Å². The van der Waals surface area contributed by atoms with Gasteiger partial charge in [0, 0.05) is 6.16 Å². The molecule has 0 amide bonds. The molecule has 70 valence electrons. The van der Waals surface area contributed by atoms with Crippen LogP contribution in [0.15, 0.2) is 30.3 Å². The molecule has 0 aliphatic carbocycles. The highest BCUT2D eigenvalue weighted by molar-refractivity contribution is 7.23. The lowest BCUT2D eigenvalue weighted by Gasteiger charge is -1.99. The number of hydrogen-bond acceptors (Lipinski definition) is 1. The standard InChI is InChI=1S/C11H15OP/c12-13-10-6-2-5-9-11-7-3-1-4-8-11/h1,3-4,7-8H,2,5-6,9-10H2. The van der Waals surface area contributed by atoms with Crippen LogP contribution in [0.2, 0.25) is 0 Å². The molecule has 0 radical (unpaired) electrons. The van der Waals surface area contributed by atoms with Crippen LogP contribution < -0.4 is 0 Å². The largest absolute Gasteiger partial charge is 0.275 e. The van der Waals surface area contributed by atoms with Gasteiger partial charge in [-0.3, -0.25) is 4.57 Å². The normalized spacial score (nSPS) is 10.5. The van der Waals surface area contributed by atoms with Gasteiger partial charge in [0.1, 0.15) is 0 Å². The van der Waals surface area contributed by atoms with E-state index in [9.17, 15) is 4.57 Å². The van der Waals surface area contributed by atoms with Gasteiger partial charge in [-0.25, -0.2) is 0 Å². The minimum absolute atomic E-state index is 0.292. The molecule has 0 spiro atoms. The van der Waals surface area contributed by atoms with E-state index in [-0.39, 0.29) is 0 Å². The third-order valence-electron chi connectivity index (χ3n) is 2.06. The van der Waals surface area contributed by atoms with Gasteiger partial charge in [0.15, 0.2) is 8.46 Å². The molecule has 1 aromatic carbocycles. The summed E-state index contributed by atoms with van der Waals surface area (Å²) in [5.41, 5.74) is 1.40. The van der Waals surface area contributed by atoms with Gasteiger partial charge in [0.25, 0.3) is 0 Å². The summed E-state index contributed by atoms with van der Waals surface area (Å²) in [6.07, 6.45) is 5.44. The van der Waals surface area contributed by atoms with Crippen LogP contribution in [0, 0.1) is 0 Å². The third-order valence-corrected chi connectivity index (χ3v) is 2.56. The van der Waals surface area contributed by atoms with Gasteiger partial charge in [0.2, 0.25) is 0 Å². The SMILES string of the molecule is O=PCCCCCc1ccccc1. The summed E-state index contributed by atoms with van der Waals surface area (Å²) >= 11 is 0. The summed E-state index contributed by atoms with van der Waals surface area (Å²) in [6.45, 7) is 0. The molecule has 0 aliphatic heterocycles. The van der Waals surface area contributed by atoms with Crippen molar-refractivity contribution < 1.29 is 4.57 Å². The van der Waals surface area contributed by atoms with Crippen molar-refractivity contribution in [3.8, 4) is 0 Å². The molecule has 0 aromatic heterocycles. The van der Waals surface area contributed by atoms with E-state index in [0.717, 1.165) is 19.0 Å². The lowest BCUT2D eigenvalue weighted by Crippen LogP contribution is -1.85. The van der Waals surface area contributed by atoms with Crippen molar-refractivity contribution in [3.05, 3.63) is 35.9 Å². The van der Waals surface area contributed by atoms with Gasteiger partial charge in [-0.2, -0.15) is 0 Å². The van der Waals surface area contributed by atoms with E-state index in [1.54, 1.807) is 0 Å². The topological polar surface area (TPSA) is 17.1 Å². The fraction of sp³-hybridized carbons (Fsp3) is 0.455. The van der Waals surface area contributed by atoms with E-state index in [4.69, 9.17) is 0 Å². The van der Waals surface area contributed by atoms with E-state index in [0.29, 0.717) is 8.46 Å². The summed E-state index contributed by atoms with van der Waals surface area (Å²) < 4.78 is 10.1. The maximum Gasteiger partial charge on any atom is 0.155 e. The molecule has 13 heavy (non-hydrogen) atoms. The molecule has 0 unspecified atom stereocenters. The van der Waals surface area contributed by atoms with Crippen LogP contribution in [0.25, 0.3) is 0 Å². The van der Waals surface area contributed by atoms with Gasteiger partial charge >= 0.3 is 0 Å². The Morgan fingerprint density at radius 2 is 1.77 bits per heavy atom. The smallest absolute Gasteiger partial charge is 0.155 e. The number of benzene rings is 1. The molecule has 0 saturated heterocycles. The number of hydrogen-bond donors (Lipinski definition) is 0. The Morgan fingerprint density at radius 1 is 1.00 bits per heavy atom. The van der Waals surface area contributed by atoms with Crippen LogP contribution in [0.4, 0.5) is 0 Å². The second kappa shape index (κ2) is 6.80. The monoisotopic (exact) mass is 194 g/mol. The highest BCUT2D eigenvalue weighted by atomic mass is 31.1. The molecular formula is C11H15OP. The predicted octanol–water partition coefficient (Wildman–Crippen LogP) is 3.69. The van der Waals surface area contributed by atoms with Crippen molar-refractivity contribution in [1.29, 1.82) is 0 Å². The van der Waals surface area contributed by atoms with Crippen LogP contribution in [0.3, 0.4) is 0 Å². The van der Waals surface area contributed by atoms with Crippen LogP contribution in [0.1, 0.15) is 24.8 Å². The minimum atomic E-state index is 0.292. The highest BCUT2D eigenvalue weighted by Crippen LogP contribution is 2.07. The van der Waals surface area contributed by atoms with Gasteiger partial charge in [0.05, 0.1) is 0 Å². The van der Waals surface area contributed by atoms with E-state index in [2.05, 4.69) is 24.3 Å². The summed E-state index contributed by atoms with van der Waals surface area (Å²) in [5.74, 6) is 0. The van der Waals surface area contributed by atoms with Gasteiger partial charge < -0.3 is 0 Å². The third kappa shape index (κ3) is 4.80. The lowest BCUT2D eigenvalue weighted by molar-refractivity contribution is 0.595. The molecule has 0 aliphatic rings. The zero-order valence-electron chi connectivity index (χ0n) is 7.78. The summed E-state index contributed by atoms with van der Waals surface area (Å²) in [5, 5.41) is 0. The first-order chi connectivity index (χ1) is 6.43. The highest BCUT2D eigenvalue weighted by Gasteiger charge is 1.92. The van der Waals surface area contributed by atoms with Crippen LogP contribution >= 0.6 is 8.46 Å². The molecule has 0 atom stereocenters. The Labute approximate surface area is 81.4 Å². The second-order valence-corrected chi connectivity index (χ2v) is 3.85. The molecule has 1 rings (SSSR count). The van der Waals surface area contributed by atoms with Crippen molar-refractivity contribution in [2.24, 2.45) is 0 Å². The first kappa shape index (κ1) is 10.4.